The Morgan fingerprint density at radius 3 is 2.58 bits per heavy atom. The highest BCUT2D eigenvalue weighted by Crippen LogP contribution is 2.22. The molecule has 2 aromatic rings. The van der Waals surface area contributed by atoms with Gasteiger partial charge < -0.3 is 10.2 Å². The Balaban J connectivity index is 1.79. The van der Waals surface area contributed by atoms with Gasteiger partial charge in [-0.2, -0.15) is 0 Å². The fourth-order valence-corrected chi connectivity index (χ4v) is 3.17. The molecule has 2 heterocycles. The second-order valence-electron chi connectivity index (χ2n) is 6.02. The van der Waals surface area contributed by atoms with Crippen LogP contribution in [0.3, 0.4) is 0 Å². The molecule has 1 aromatic heterocycles. The number of amides is 2. The van der Waals surface area contributed by atoms with Crippen molar-refractivity contribution >= 4 is 29.1 Å². The van der Waals surface area contributed by atoms with Crippen LogP contribution in [0.15, 0.2) is 36.5 Å². The van der Waals surface area contributed by atoms with Crippen molar-refractivity contribution in [3.63, 3.8) is 0 Å². The van der Waals surface area contributed by atoms with Gasteiger partial charge in [0, 0.05) is 30.1 Å². The van der Waals surface area contributed by atoms with E-state index in [-0.39, 0.29) is 16.7 Å². The molecule has 0 aliphatic carbocycles. The van der Waals surface area contributed by atoms with Crippen molar-refractivity contribution in [3.8, 4) is 0 Å². The predicted octanol–water partition coefficient (Wildman–Crippen LogP) is 3.65. The van der Waals surface area contributed by atoms with Crippen molar-refractivity contribution in [1.82, 2.24) is 9.88 Å². The molecule has 1 aromatic carbocycles. The number of pyridine rings is 1. The number of piperidine rings is 1. The number of likely N-dealkylation sites (tertiary alicyclic amines) is 1. The highest BCUT2D eigenvalue weighted by atomic mass is 35.5. The van der Waals surface area contributed by atoms with Crippen molar-refractivity contribution < 1.29 is 18.4 Å². The molecule has 0 saturated carbocycles. The van der Waals surface area contributed by atoms with Crippen LogP contribution in [0.1, 0.15) is 29.6 Å². The van der Waals surface area contributed by atoms with Crippen LogP contribution in [0.5, 0.6) is 0 Å². The highest BCUT2D eigenvalue weighted by Gasteiger charge is 2.32. The van der Waals surface area contributed by atoms with Crippen molar-refractivity contribution in [1.29, 1.82) is 0 Å². The van der Waals surface area contributed by atoms with Gasteiger partial charge in [0.15, 0.2) is 0 Å². The Kier molecular flexibility index (Phi) is 5.46. The van der Waals surface area contributed by atoms with E-state index in [1.54, 1.807) is 0 Å². The van der Waals surface area contributed by atoms with Gasteiger partial charge in [-0.25, -0.2) is 13.8 Å². The van der Waals surface area contributed by atoms with E-state index >= 15 is 0 Å². The number of halogens is 3. The lowest BCUT2D eigenvalue weighted by Crippen LogP contribution is -2.50. The van der Waals surface area contributed by atoms with Gasteiger partial charge in [0.2, 0.25) is 5.91 Å². The van der Waals surface area contributed by atoms with Crippen molar-refractivity contribution in [3.05, 3.63) is 58.9 Å². The number of hydrogen-bond donors (Lipinski definition) is 1. The number of benzene rings is 1. The molecule has 2 amide bonds. The lowest BCUT2D eigenvalue weighted by Gasteiger charge is -2.34. The number of hydrogen-bond acceptors (Lipinski definition) is 3. The molecule has 5 nitrogen and oxygen atoms in total. The molecule has 136 valence electrons. The van der Waals surface area contributed by atoms with Crippen molar-refractivity contribution in [2.45, 2.75) is 25.3 Å². The van der Waals surface area contributed by atoms with Gasteiger partial charge in [-0.3, -0.25) is 9.59 Å². The smallest absolute Gasteiger partial charge is 0.254 e. The van der Waals surface area contributed by atoms with Gasteiger partial charge in [0.25, 0.3) is 5.91 Å². The van der Waals surface area contributed by atoms with Crippen LogP contribution in [0.25, 0.3) is 0 Å². The summed E-state index contributed by atoms with van der Waals surface area (Å²) in [7, 11) is 0. The van der Waals surface area contributed by atoms with Crippen LogP contribution in [0.4, 0.5) is 14.5 Å². The third-order valence-electron chi connectivity index (χ3n) is 4.17. The zero-order chi connectivity index (χ0) is 18.7. The number of anilines is 1. The summed E-state index contributed by atoms with van der Waals surface area (Å²) in [4.78, 5) is 30.7. The summed E-state index contributed by atoms with van der Waals surface area (Å²) in [5.41, 5.74) is 0.346. The minimum atomic E-state index is -0.789. The molecular formula is C18H16ClF2N3O2. The minimum absolute atomic E-state index is 0.0115. The van der Waals surface area contributed by atoms with Crippen molar-refractivity contribution in [2.75, 3.05) is 11.9 Å². The third-order valence-corrected chi connectivity index (χ3v) is 4.38. The largest absolute Gasteiger partial charge is 0.327 e. The zero-order valence-corrected chi connectivity index (χ0v) is 14.5. The van der Waals surface area contributed by atoms with E-state index in [0.717, 1.165) is 31.0 Å². The van der Waals surface area contributed by atoms with Gasteiger partial charge in [-0.05, 0) is 43.5 Å². The van der Waals surface area contributed by atoms with Crippen molar-refractivity contribution in [2.24, 2.45) is 0 Å². The summed E-state index contributed by atoms with van der Waals surface area (Å²) < 4.78 is 26.6. The first-order valence-electron chi connectivity index (χ1n) is 8.13. The standard InChI is InChI=1S/C18H16ClF2N3O2/c19-16-7-11(4-5-22-16)18(26)24-6-2-1-3-15(24)17(25)23-14-9-12(20)8-13(21)10-14/h4-5,7-10,15H,1-3,6H2,(H,23,25)/t15-/m0/s1. The molecular weight excluding hydrogens is 364 g/mol. The van der Waals surface area contributed by atoms with E-state index in [0.29, 0.717) is 18.5 Å². The maximum atomic E-state index is 13.3. The summed E-state index contributed by atoms with van der Waals surface area (Å²) in [6.07, 6.45) is 3.43. The first kappa shape index (κ1) is 18.3. The molecule has 0 bridgehead atoms. The minimum Gasteiger partial charge on any atom is -0.327 e. The maximum Gasteiger partial charge on any atom is 0.254 e. The SMILES string of the molecule is O=C(Nc1cc(F)cc(F)c1)[C@@H]1CCCCN1C(=O)c1ccnc(Cl)c1. The van der Waals surface area contributed by atoms with Crippen LogP contribution < -0.4 is 5.32 Å². The van der Waals surface area contributed by atoms with Crippen LogP contribution in [0.2, 0.25) is 5.15 Å². The van der Waals surface area contributed by atoms with E-state index < -0.39 is 23.6 Å². The van der Waals surface area contributed by atoms with Gasteiger partial charge in [0.1, 0.15) is 22.8 Å². The first-order chi connectivity index (χ1) is 12.4. The summed E-state index contributed by atoms with van der Waals surface area (Å²) in [5.74, 6) is -2.39. The number of carbonyl (C=O) groups is 2. The number of aromatic nitrogens is 1. The fourth-order valence-electron chi connectivity index (χ4n) is 3.00. The molecule has 1 aliphatic heterocycles. The number of nitrogens with one attached hydrogen (secondary N) is 1. The average molecular weight is 380 g/mol. The monoisotopic (exact) mass is 379 g/mol. The summed E-state index contributed by atoms with van der Waals surface area (Å²) in [6, 6.07) is 5.01. The normalized spacial score (nSPS) is 17.0. The lowest BCUT2D eigenvalue weighted by atomic mass is 10.00. The number of carbonyl (C=O) groups excluding carboxylic acids is 2. The van der Waals surface area contributed by atoms with Crippen LogP contribution in [-0.4, -0.2) is 34.3 Å². The molecule has 1 aliphatic rings. The fraction of sp³-hybridized carbons (Fsp3) is 0.278. The van der Waals surface area contributed by atoms with Crippen LogP contribution in [-0.2, 0) is 4.79 Å². The van der Waals surface area contributed by atoms with Crippen LogP contribution >= 0.6 is 11.6 Å². The molecule has 1 N–H and O–H groups in total. The summed E-state index contributed by atoms with van der Waals surface area (Å²) >= 11 is 5.83. The summed E-state index contributed by atoms with van der Waals surface area (Å²) in [6.45, 7) is 0.411. The van der Waals surface area contributed by atoms with E-state index in [9.17, 15) is 18.4 Å². The van der Waals surface area contributed by atoms with E-state index in [1.165, 1.54) is 23.2 Å². The Morgan fingerprint density at radius 1 is 1.15 bits per heavy atom. The second-order valence-corrected chi connectivity index (χ2v) is 6.41. The highest BCUT2D eigenvalue weighted by molar-refractivity contribution is 6.29. The average Bonchev–Trinajstić information content (AvgIpc) is 2.60. The van der Waals surface area contributed by atoms with Gasteiger partial charge in [-0.1, -0.05) is 11.6 Å². The number of nitrogens with zero attached hydrogens (tertiary/aromatic N) is 2. The Hall–Kier alpha value is -2.54. The molecule has 26 heavy (non-hydrogen) atoms. The second kappa shape index (κ2) is 7.78. The molecule has 1 saturated heterocycles. The quantitative estimate of drug-likeness (QED) is 0.828. The first-order valence-corrected chi connectivity index (χ1v) is 8.51. The van der Waals surface area contributed by atoms with Crippen LogP contribution in [0, 0.1) is 11.6 Å². The summed E-state index contributed by atoms with van der Waals surface area (Å²) in [5, 5.41) is 2.67. The lowest BCUT2D eigenvalue weighted by molar-refractivity contribution is -0.121. The molecule has 0 unspecified atom stereocenters. The predicted molar refractivity (Wildman–Crippen MR) is 92.9 cm³/mol. The molecule has 1 fully saturated rings. The molecule has 1 atom stereocenters. The molecule has 0 spiro atoms. The van der Waals surface area contributed by atoms with E-state index in [2.05, 4.69) is 10.3 Å². The van der Waals surface area contributed by atoms with Gasteiger partial charge in [0.05, 0.1) is 0 Å². The Labute approximate surface area is 154 Å². The van der Waals surface area contributed by atoms with E-state index in [1.807, 2.05) is 0 Å². The molecule has 3 rings (SSSR count). The molecule has 0 radical (unpaired) electrons. The Bertz CT molecular complexity index is 827. The van der Waals surface area contributed by atoms with Gasteiger partial charge in [-0.15, -0.1) is 0 Å². The third kappa shape index (κ3) is 4.16. The van der Waals surface area contributed by atoms with E-state index in [4.69, 9.17) is 11.6 Å². The van der Waals surface area contributed by atoms with Gasteiger partial charge >= 0.3 is 0 Å². The number of rotatable bonds is 3. The topological polar surface area (TPSA) is 62.3 Å². The maximum absolute atomic E-state index is 13.3. The zero-order valence-electron chi connectivity index (χ0n) is 13.7. The Morgan fingerprint density at radius 2 is 1.88 bits per heavy atom. The molecule has 8 heteroatoms.